The Morgan fingerprint density at radius 2 is 1.93 bits per heavy atom. The summed E-state index contributed by atoms with van der Waals surface area (Å²) in [4.78, 5) is 0.208. The fourth-order valence-corrected chi connectivity index (χ4v) is 4.59. The zero-order valence-electron chi connectivity index (χ0n) is 16.1. The molecule has 150 valence electrons. The largest absolute Gasteiger partial charge is 0.354 e. The third-order valence-electron chi connectivity index (χ3n) is 4.69. The average Bonchev–Trinajstić information content (AvgIpc) is 3.29. The molecule has 0 aliphatic heterocycles. The van der Waals surface area contributed by atoms with Gasteiger partial charge in [0.2, 0.25) is 0 Å². The van der Waals surface area contributed by atoms with Crippen LogP contribution in [0.5, 0.6) is 0 Å². The fourth-order valence-electron chi connectivity index (χ4n) is 3.33. The molecule has 0 saturated carbocycles. The summed E-state index contributed by atoms with van der Waals surface area (Å²) in [7, 11) is -3.78. The lowest BCUT2D eigenvalue weighted by molar-refractivity contribution is 0.459. The number of nitrogens with two attached hydrogens (primary N) is 1. The first-order valence-electron chi connectivity index (χ1n) is 9.07. The number of nitrogens with one attached hydrogen (secondary N) is 1. The van der Waals surface area contributed by atoms with Gasteiger partial charge in [-0.3, -0.25) is 9.40 Å². The molecule has 0 fully saturated rings. The van der Waals surface area contributed by atoms with E-state index in [0.717, 1.165) is 16.8 Å². The Balaban J connectivity index is 1.66. The summed E-state index contributed by atoms with van der Waals surface area (Å²) < 4.78 is 35.4. The zero-order valence-corrected chi connectivity index (χ0v) is 16.9. The molecule has 29 heavy (non-hydrogen) atoms. The highest BCUT2D eigenvalue weighted by Crippen LogP contribution is 2.30. The van der Waals surface area contributed by atoms with Crippen molar-refractivity contribution in [2.24, 2.45) is 5.73 Å². The maximum absolute atomic E-state index is 12.8. The first-order chi connectivity index (χ1) is 13.9. The third-order valence-corrected chi connectivity index (χ3v) is 6.19. The van der Waals surface area contributed by atoms with Gasteiger partial charge in [-0.1, -0.05) is 29.4 Å². The SMILES string of the molecule is Cc1ccccc1S(=O)(=O)Nc1noc2cc(Cn3ccc(CN)n3)cc(C)c12. The summed E-state index contributed by atoms with van der Waals surface area (Å²) in [6.45, 7) is 4.57. The second-order valence-corrected chi connectivity index (χ2v) is 8.55. The van der Waals surface area contributed by atoms with E-state index in [-0.39, 0.29) is 10.7 Å². The summed E-state index contributed by atoms with van der Waals surface area (Å²) >= 11 is 0. The molecule has 0 amide bonds. The summed E-state index contributed by atoms with van der Waals surface area (Å²) in [6, 6.07) is 12.5. The molecule has 3 N–H and O–H groups in total. The van der Waals surface area contributed by atoms with Crippen LogP contribution in [0.15, 0.2) is 58.1 Å². The van der Waals surface area contributed by atoms with Crippen LogP contribution in [0.4, 0.5) is 5.82 Å². The summed E-state index contributed by atoms with van der Waals surface area (Å²) in [5.74, 6) is 0.178. The lowest BCUT2D eigenvalue weighted by Gasteiger charge is -2.09. The third kappa shape index (κ3) is 3.74. The molecule has 0 bridgehead atoms. The second kappa shape index (κ2) is 7.34. The number of benzene rings is 2. The fraction of sp³-hybridized carbons (Fsp3) is 0.200. The number of nitrogens with zero attached hydrogens (tertiary/aromatic N) is 3. The van der Waals surface area contributed by atoms with E-state index in [4.69, 9.17) is 10.3 Å². The van der Waals surface area contributed by atoms with E-state index in [1.54, 1.807) is 35.9 Å². The standard InChI is InChI=1S/C20H21N5O3S/c1-13-5-3-4-6-18(13)29(26,27)24-20-19-14(2)9-15(10-17(19)28-23-20)12-25-8-7-16(11-21)22-25/h3-10H,11-12,21H2,1-2H3,(H,23,24). The summed E-state index contributed by atoms with van der Waals surface area (Å²) in [6.07, 6.45) is 1.86. The van der Waals surface area contributed by atoms with E-state index in [0.29, 0.717) is 29.6 Å². The Morgan fingerprint density at radius 3 is 2.66 bits per heavy atom. The quantitative estimate of drug-likeness (QED) is 0.504. The molecule has 0 atom stereocenters. The predicted octanol–water partition coefficient (Wildman–Crippen LogP) is 2.95. The highest BCUT2D eigenvalue weighted by molar-refractivity contribution is 7.92. The van der Waals surface area contributed by atoms with Gasteiger partial charge in [-0.25, -0.2) is 8.42 Å². The Morgan fingerprint density at radius 1 is 1.14 bits per heavy atom. The molecule has 2 aromatic carbocycles. The second-order valence-electron chi connectivity index (χ2n) is 6.90. The van der Waals surface area contributed by atoms with Crippen molar-refractivity contribution in [3.8, 4) is 0 Å². The molecule has 9 heteroatoms. The monoisotopic (exact) mass is 411 g/mol. The predicted molar refractivity (Wildman–Crippen MR) is 110 cm³/mol. The van der Waals surface area contributed by atoms with Crippen molar-refractivity contribution in [1.29, 1.82) is 0 Å². The Kier molecular flexibility index (Phi) is 4.85. The van der Waals surface area contributed by atoms with Crippen LogP contribution >= 0.6 is 0 Å². The van der Waals surface area contributed by atoms with E-state index in [1.807, 2.05) is 31.3 Å². The molecule has 2 aromatic heterocycles. The number of anilines is 1. The first-order valence-corrected chi connectivity index (χ1v) is 10.6. The molecule has 0 saturated heterocycles. The molecule has 0 spiro atoms. The minimum Gasteiger partial charge on any atom is -0.354 e. The number of sulfonamides is 1. The molecule has 2 heterocycles. The van der Waals surface area contributed by atoms with Crippen molar-refractivity contribution >= 4 is 26.8 Å². The van der Waals surface area contributed by atoms with E-state index in [9.17, 15) is 8.42 Å². The van der Waals surface area contributed by atoms with Crippen molar-refractivity contribution in [3.05, 3.63) is 71.0 Å². The van der Waals surface area contributed by atoms with Gasteiger partial charge in [0.1, 0.15) is 0 Å². The number of hydrogen-bond acceptors (Lipinski definition) is 6. The number of aromatic nitrogens is 3. The molecule has 8 nitrogen and oxygen atoms in total. The van der Waals surface area contributed by atoms with E-state index >= 15 is 0 Å². The van der Waals surface area contributed by atoms with Gasteiger partial charge in [0, 0.05) is 12.7 Å². The molecule has 0 aliphatic carbocycles. The molecular weight excluding hydrogens is 390 g/mol. The van der Waals surface area contributed by atoms with Crippen LogP contribution in [0.2, 0.25) is 0 Å². The summed E-state index contributed by atoms with van der Waals surface area (Å²) in [5, 5.41) is 8.97. The Labute approximate surface area is 168 Å². The first kappa shape index (κ1) is 19.2. The van der Waals surface area contributed by atoms with Gasteiger partial charge in [0.25, 0.3) is 10.0 Å². The van der Waals surface area contributed by atoms with Gasteiger partial charge in [-0.2, -0.15) is 5.10 Å². The van der Waals surface area contributed by atoms with Gasteiger partial charge in [0.15, 0.2) is 11.4 Å². The van der Waals surface area contributed by atoms with Gasteiger partial charge in [-0.05, 0) is 48.7 Å². The summed E-state index contributed by atoms with van der Waals surface area (Å²) in [5.41, 5.74) is 9.40. The normalized spacial score (nSPS) is 11.8. The van der Waals surface area contributed by atoms with Crippen LogP contribution in [0.3, 0.4) is 0 Å². The molecule has 4 aromatic rings. The van der Waals surface area contributed by atoms with Crippen LogP contribution in [0, 0.1) is 13.8 Å². The number of hydrogen-bond donors (Lipinski definition) is 2. The van der Waals surface area contributed by atoms with Crippen molar-refractivity contribution in [3.63, 3.8) is 0 Å². The Bertz CT molecular complexity index is 1290. The van der Waals surface area contributed by atoms with Crippen LogP contribution in [-0.2, 0) is 23.1 Å². The van der Waals surface area contributed by atoms with Crippen molar-refractivity contribution in [2.75, 3.05) is 4.72 Å². The van der Waals surface area contributed by atoms with Crippen molar-refractivity contribution in [2.45, 2.75) is 31.8 Å². The zero-order chi connectivity index (χ0) is 20.6. The molecule has 0 radical (unpaired) electrons. The van der Waals surface area contributed by atoms with Crippen LogP contribution < -0.4 is 10.5 Å². The molecule has 0 aliphatic rings. The van der Waals surface area contributed by atoms with Crippen LogP contribution in [-0.4, -0.2) is 23.4 Å². The number of rotatable bonds is 6. The van der Waals surface area contributed by atoms with E-state index < -0.39 is 10.0 Å². The van der Waals surface area contributed by atoms with Gasteiger partial charge >= 0.3 is 0 Å². The number of aryl methyl sites for hydroxylation is 2. The van der Waals surface area contributed by atoms with Gasteiger partial charge in [0.05, 0.1) is 22.5 Å². The highest BCUT2D eigenvalue weighted by Gasteiger charge is 2.21. The molecule has 4 rings (SSSR count). The highest BCUT2D eigenvalue weighted by atomic mass is 32.2. The van der Waals surface area contributed by atoms with E-state index in [1.165, 1.54) is 0 Å². The lowest BCUT2D eigenvalue weighted by Crippen LogP contribution is -2.14. The van der Waals surface area contributed by atoms with Gasteiger partial charge in [-0.15, -0.1) is 0 Å². The van der Waals surface area contributed by atoms with Crippen LogP contribution in [0.25, 0.3) is 11.0 Å². The minimum absolute atomic E-state index is 0.178. The molecule has 0 unspecified atom stereocenters. The van der Waals surface area contributed by atoms with E-state index in [2.05, 4.69) is 15.0 Å². The maximum atomic E-state index is 12.8. The minimum atomic E-state index is -3.78. The number of fused-ring (bicyclic) bond motifs is 1. The Hall–Kier alpha value is -3.17. The average molecular weight is 411 g/mol. The van der Waals surface area contributed by atoms with Crippen LogP contribution in [0.1, 0.15) is 22.4 Å². The smallest absolute Gasteiger partial charge is 0.263 e. The molecular formula is C20H21N5O3S. The van der Waals surface area contributed by atoms with Crippen molar-refractivity contribution < 1.29 is 12.9 Å². The maximum Gasteiger partial charge on any atom is 0.263 e. The lowest BCUT2D eigenvalue weighted by atomic mass is 10.1. The van der Waals surface area contributed by atoms with Crippen molar-refractivity contribution in [1.82, 2.24) is 14.9 Å². The van der Waals surface area contributed by atoms with Gasteiger partial charge < -0.3 is 10.3 Å². The topological polar surface area (TPSA) is 116 Å².